The van der Waals surface area contributed by atoms with Crippen LogP contribution in [0.4, 0.5) is 0 Å². The lowest BCUT2D eigenvalue weighted by Crippen LogP contribution is -2.18. The summed E-state index contributed by atoms with van der Waals surface area (Å²) in [6.45, 7) is 0.306. The SMILES string of the molecule is O=C(C=CNCC(=O)c1ccccc1)c1ccc2c(c1)OCO2. The Morgan fingerprint density at radius 2 is 1.78 bits per heavy atom. The molecule has 0 aromatic heterocycles. The van der Waals surface area contributed by atoms with Gasteiger partial charge in [-0.15, -0.1) is 0 Å². The van der Waals surface area contributed by atoms with Gasteiger partial charge in [0.25, 0.3) is 0 Å². The first-order valence-electron chi connectivity index (χ1n) is 7.16. The topological polar surface area (TPSA) is 64.6 Å². The summed E-state index contributed by atoms with van der Waals surface area (Å²) in [6, 6.07) is 14.0. The quantitative estimate of drug-likeness (QED) is 0.656. The number of Topliss-reactive ketones (excluding diaryl/α,β-unsaturated/α-hetero) is 1. The highest BCUT2D eigenvalue weighted by atomic mass is 16.7. The molecular weight excluding hydrogens is 294 g/mol. The zero-order valence-electron chi connectivity index (χ0n) is 12.3. The number of allylic oxidation sites excluding steroid dienone is 1. The van der Waals surface area contributed by atoms with Gasteiger partial charge in [0.2, 0.25) is 6.79 Å². The first-order chi connectivity index (χ1) is 11.2. The number of hydrogen-bond acceptors (Lipinski definition) is 5. The molecule has 0 saturated heterocycles. The fraction of sp³-hybridized carbons (Fsp3) is 0.111. The predicted octanol–water partition coefficient (Wildman–Crippen LogP) is 2.58. The molecule has 0 atom stereocenters. The van der Waals surface area contributed by atoms with Gasteiger partial charge in [-0.05, 0) is 18.2 Å². The van der Waals surface area contributed by atoms with E-state index in [1.54, 1.807) is 30.3 Å². The van der Waals surface area contributed by atoms with Gasteiger partial charge in [-0.1, -0.05) is 30.3 Å². The van der Waals surface area contributed by atoms with Gasteiger partial charge in [0.1, 0.15) is 0 Å². The fourth-order valence-electron chi connectivity index (χ4n) is 2.16. The standard InChI is InChI=1S/C18H15NO4/c20-15(14-6-7-17-18(10-14)23-12-22-17)8-9-19-11-16(21)13-4-2-1-3-5-13/h1-10,19H,11-12H2. The Hall–Kier alpha value is -3.08. The molecule has 5 heteroatoms. The number of rotatable bonds is 6. The van der Waals surface area contributed by atoms with Gasteiger partial charge in [-0.2, -0.15) is 0 Å². The molecule has 1 N–H and O–H groups in total. The summed E-state index contributed by atoms with van der Waals surface area (Å²) >= 11 is 0. The summed E-state index contributed by atoms with van der Waals surface area (Å²) in [5.74, 6) is 0.988. The van der Waals surface area contributed by atoms with E-state index in [1.165, 1.54) is 12.3 Å². The summed E-state index contributed by atoms with van der Waals surface area (Å²) in [6.07, 6.45) is 2.86. The van der Waals surface area contributed by atoms with Crippen LogP contribution < -0.4 is 14.8 Å². The number of carbonyl (C=O) groups excluding carboxylic acids is 2. The minimum Gasteiger partial charge on any atom is -0.454 e. The molecule has 0 bridgehead atoms. The molecule has 0 radical (unpaired) electrons. The lowest BCUT2D eigenvalue weighted by atomic mass is 10.1. The first kappa shape index (κ1) is 14.8. The minimum absolute atomic E-state index is 0.0363. The third-order valence-electron chi connectivity index (χ3n) is 3.37. The molecule has 1 heterocycles. The van der Waals surface area contributed by atoms with Crippen LogP contribution in [0.25, 0.3) is 0 Å². The Labute approximate surface area is 133 Å². The van der Waals surface area contributed by atoms with Crippen LogP contribution in [0.1, 0.15) is 20.7 Å². The molecule has 0 fully saturated rings. The molecule has 0 amide bonds. The van der Waals surface area contributed by atoms with E-state index in [0.717, 1.165) is 0 Å². The third kappa shape index (κ3) is 3.58. The van der Waals surface area contributed by atoms with Crippen LogP contribution in [0, 0.1) is 0 Å². The molecule has 2 aromatic rings. The summed E-state index contributed by atoms with van der Waals surface area (Å²) in [4.78, 5) is 23.9. The van der Waals surface area contributed by atoms with E-state index >= 15 is 0 Å². The smallest absolute Gasteiger partial charge is 0.231 e. The van der Waals surface area contributed by atoms with Gasteiger partial charge in [-0.25, -0.2) is 0 Å². The highest BCUT2D eigenvalue weighted by Crippen LogP contribution is 2.32. The average Bonchev–Trinajstić information content (AvgIpc) is 3.06. The zero-order valence-corrected chi connectivity index (χ0v) is 12.3. The highest BCUT2D eigenvalue weighted by molar-refractivity contribution is 6.05. The van der Waals surface area contributed by atoms with Crippen molar-refractivity contribution in [3.8, 4) is 11.5 Å². The van der Waals surface area contributed by atoms with Crippen molar-refractivity contribution in [2.24, 2.45) is 0 Å². The maximum Gasteiger partial charge on any atom is 0.231 e. The van der Waals surface area contributed by atoms with E-state index in [2.05, 4.69) is 5.32 Å². The Morgan fingerprint density at radius 1 is 1.00 bits per heavy atom. The van der Waals surface area contributed by atoms with Crippen molar-refractivity contribution in [1.29, 1.82) is 0 Å². The molecule has 0 spiro atoms. The van der Waals surface area contributed by atoms with Crippen LogP contribution >= 0.6 is 0 Å². The molecule has 3 rings (SSSR count). The Bertz CT molecular complexity index is 753. The molecule has 5 nitrogen and oxygen atoms in total. The van der Waals surface area contributed by atoms with Crippen LogP contribution in [-0.4, -0.2) is 24.9 Å². The van der Waals surface area contributed by atoms with Crippen molar-refractivity contribution in [3.05, 3.63) is 71.9 Å². The lowest BCUT2D eigenvalue weighted by molar-refractivity contribution is 0.0992. The van der Waals surface area contributed by atoms with Gasteiger partial charge >= 0.3 is 0 Å². The molecule has 0 saturated carbocycles. The van der Waals surface area contributed by atoms with Crippen LogP contribution in [0.5, 0.6) is 11.5 Å². The van der Waals surface area contributed by atoms with E-state index in [1.807, 2.05) is 18.2 Å². The van der Waals surface area contributed by atoms with Crippen LogP contribution in [0.3, 0.4) is 0 Å². The van der Waals surface area contributed by atoms with E-state index in [-0.39, 0.29) is 24.9 Å². The number of nitrogens with one attached hydrogen (secondary N) is 1. The summed E-state index contributed by atoms with van der Waals surface area (Å²) < 4.78 is 10.4. The third-order valence-corrected chi connectivity index (χ3v) is 3.37. The summed E-state index contributed by atoms with van der Waals surface area (Å²) in [5, 5.41) is 2.83. The van der Waals surface area contributed by atoms with Gasteiger partial charge < -0.3 is 14.8 Å². The van der Waals surface area contributed by atoms with E-state index < -0.39 is 0 Å². The second-order valence-corrected chi connectivity index (χ2v) is 4.94. The Morgan fingerprint density at radius 3 is 2.61 bits per heavy atom. The van der Waals surface area contributed by atoms with Gasteiger partial charge in [-0.3, -0.25) is 9.59 Å². The van der Waals surface area contributed by atoms with Gasteiger partial charge in [0.05, 0.1) is 6.54 Å². The van der Waals surface area contributed by atoms with Crippen molar-refractivity contribution in [2.75, 3.05) is 13.3 Å². The van der Waals surface area contributed by atoms with Gasteiger partial charge in [0.15, 0.2) is 23.1 Å². The molecule has 1 aliphatic heterocycles. The van der Waals surface area contributed by atoms with E-state index in [4.69, 9.17) is 9.47 Å². The summed E-state index contributed by atoms with van der Waals surface area (Å²) in [7, 11) is 0. The maximum atomic E-state index is 12.1. The average molecular weight is 309 g/mol. The number of ether oxygens (including phenoxy) is 2. The number of hydrogen-bond donors (Lipinski definition) is 1. The normalized spacial score (nSPS) is 12.3. The number of ketones is 2. The zero-order chi connectivity index (χ0) is 16.1. The molecule has 23 heavy (non-hydrogen) atoms. The second-order valence-electron chi connectivity index (χ2n) is 4.94. The molecule has 116 valence electrons. The summed E-state index contributed by atoms with van der Waals surface area (Å²) in [5.41, 5.74) is 1.14. The molecular formula is C18H15NO4. The van der Waals surface area contributed by atoms with Crippen molar-refractivity contribution < 1.29 is 19.1 Å². The van der Waals surface area contributed by atoms with Crippen LogP contribution in [-0.2, 0) is 0 Å². The number of carbonyl (C=O) groups is 2. The van der Waals surface area contributed by atoms with Crippen LogP contribution in [0.15, 0.2) is 60.8 Å². The molecule has 0 aliphatic carbocycles. The highest BCUT2D eigenvalue weighted by Gasteiger charge is 2.15. The predicted molar refractivity (Wildman–Crippen MR) is 84.8 cm³/mol. The van der Waals surface area contributed by atoms with Gasteiger partial charge in [0, 0.05) is 23.4 Å². The fourth-order valence-corrected chi connectivity index (χ4v) is 2.16. The van der Waals surface area contributed by atoms with Crippen molar-refractivity contribution >= 4 is 11.6 Å². The second kappa shape index (κ2) is 6.79. The molecule has 2 aromatic carbocycles. The molecule has 0 unspecified atom stereocenters. The number of fused-ring (bicyclic) bond motifs is 1. The number of benzene rings is 2. The van der Waals surface area contributed by atoms with Crippen LogP contribution in [0.2, 0.25) is 0 Å². The monoisotopic (exact) mass is 309 g/mol. The first-order valence-corrected chi connectivity index (χ1v) is 7.16. The Kier molecular flexibility index (Phi) is 4.38. The van der Waals surface area contributed by atoms with E-state index in [0.29, 0.717) is 22.6 Å². The molecule has 1 aliphatic rings. The van der Waals surface area contributed by atoms with E-state index in [9.17, 15) is 9.59 Å². The Balaban J connectivity index is 1.54. The van der Waals surface area contributed by atoms with Crippen molar-refractivity contribution in [2.45, 2.75) is 0 Å². The minimum atomic E-state index is -0.178. The lowest BCUT2D eigenvalue weighted by Gasteiger charge is -2.01. The largest absolute Gasteiger partial charge is 0.454 e. The maximum absolute atomic E-state index is 12.1. The van der Waals surface area contributed by atoms with Crippen molar-refractivity contribution in [3.63, 3.8) is 0 Å². The van der Waals surface area contributed by atoms with Crippen molar-refractivity contribution in [1.82, 2.24) is 5.32 Å².